The third-order valence-corrected chi connectivity index (χ3v) is 5.37. The van der Waals surface area contributed by atoms with Gasteiger partial charge in [0.1, 0.15) is 0 Å². The predicted octanol–water partition coefficient (Wildman–Crippen LogP) is 3.71. The summed E-state index contributed by atoms with van der Waals surface area (Å²) in [5.41, 5.74) is 2.26. The molecule has 0 aromatic carbocycles. The van der Waals surface area contributed by atoms with E-state index in [1.807, 2.05) is 24.5 Å². The number of aromatic amines is 1. The lowest BCUT2D eigenvalue weighted by molar-refractivity contribution is 0.195. The molecule has 2 N–H and O–H groups in total. The summed E-state index contributed by atoms with van der Waals surface area (Å²) in [4.78, 5) is 10.4. The molecule has 1 aliphatic carbocycles. The summed E-state index contributed by atoms with van der Waals surface area (Å²) in [6, 6.07) is 11.1. The minimum atomic E-state index is 0.101. The second-order valence-corrected chi connectivity index (χ2v) is 6.84. The third kappa shape index (κ3) is 2.74. The minimum absolute atomic E-state index is 0.101. The summed E-state index contributed by atoms with van der Waals surface area (Å²) in [5.74, 6) is 0. The van der Waals surface area contributed by atoms with Gasteiger partial charge in [0, 0.05) is 24.1 Å². The van der Waals surface area contributed by atoms with Gasteiger partial charge in [0.2, 0.25) is 0 Å². The Labute approximate surface area is 142 Å². The van der Waals surface area contributed by atoms with Crippen LogP contribution in [0.25, 0.3) is 0 Å². The molecular weight excluding hydrogens is 304 g/mol. The Bertz CT molecular complexity index is 649. The van der Waals surface area contributed by atoms with Gasteiger partial charge in [-0.05, 0) is 49.3 Å². The number of pyridine rings is 1. The third-order valence-electron chi connectivity index (χ3n) is 5.04. The highest BCUT2D eigenvalue weighted by molar-refractivity contribution is 7.80. The number of rotatable bonds is 3. The summed E-state index contributed by atoms with van der Waals surface area (Å²) in [5, 5.41) is 4.40. The van der Waals surface area contributed by atoms with Crippen molar-refractivity contribution in [2.45, 2.75) is 50.2 Å². The van der Waals surface area contributed by atoms with Gasteiger partial charge >= 0.3 is 0 Å². The Morgan fingerprint density at radius 3 is 2.65 bits per heavy atom. The first-order chi connectivity index (χ1) is 11.3. The molecular formula is C18H22N4S. The van der Waals surface area contributed by atoms with Gasteiger partial charge in [0.05, 0.1) is 17.8 Å². The molecule has 5 heteroatoms. The van der Waals surface area contributed by atoms with Gasteiger partial charge in [-0.15, -0.1) is 0 Å². The number of nitrogens with one attached hydrogen (secondary N) is 2. The number of aromatic nitrogens is 2. The smallest absolute Gasteiger partial charge is 0.170 e. The molecule has 2 aromatic heterocycles. The summed E-state index contributed by atoms with van der Waals surface area (Å²) < 4.78 is 0. The SMILES string of the molecule is S=C1NC(c2ccccn2)C(c2ccc[nH]2)N1C1CCCCC1. The van der Waals surface area contributed by atoms with E-state index in [2.05, 4.69) is 38.4 Å². The monoisotopic (exact) mass is 326 g/mol. The standard InChI is InChI=1S/C18H22N4S/c23-18-21-16(14-9-4-5-11-19-14)17(15-10-6-12-20-15)22(18)13-7-2-1-3-8-13/h4-6,9-13,16-17,20H,1-3,7-8H2,(H,21,23). The van der Waals surface area contributed by atoms with Crippen LogP contribution in [0.5, 0.6) is 0 Å². The van der Waals surface area contributed by atoms with Crippen molar-refractivity contribution in [2.24, 2.45) is 0 Å². The highest BCUT2D eigenvalue weighted by Crippen LogP contribution is 2.41. The molecule has 4 nitrogen and oxygen atoms in total. The van der Waals surface area contributed by atoms with E-state index >= 15 is 0 Å². The van der Waals surface area contributed by atoms with Crippen LogP contribution >= 0.6 is 12.2 Å². The number of nitrogens with zero attached hydrogens (tertiary/aromatic N) is 2. The van der Waals surface area contributed by atoms with Crippen LogP contribution in [0.1, 0.15) is 55.6 Å². The molecule has 1 aliphatic heterocycles. The van der Waals surface area contributed by atoms with Crippen LogP contribution < -0.4 is 5.32 Å². The van der Waals surface area contributed by atoms with Crippen molar-refractivity contribution in [3.05, 3.63) is 54.1 Å². The van der Waals surface area contributed by atoms with Crippen molar-refractivity contribution in [2.75, 3.05) is 0 Å². The van der Waals surface area contributed by atoms with Gasteiger partial charge in [-0.3, -0.25) is 4.98 Å². The topological polar surface area (TPSA) is 44.0 Å². The lowest BCUT2D eigenvalue weighted by atomic mass is 9.92. The first-order valence-electron chi connectivity index (χ1n) is 8.47. The zero-order chi connectivity index (χ0) is 15.6. The van der Waals surface area contributed by atoms with E-state index in [0.717, 1.165) is 10.8 Å². The Morgan fingerprint density at radius 1 is 1.09 bits per heavy atom. The van der Waals surface area contributed by atoms with E-state index in [1.165, 1.54) is 37.8 Å². The lowest BCUT2D eigenvalue weighted by Crippen LogP contribution is -2.40. The van der Waals surface area contributed by atoms with Gasteiger partial charge in [-0.25, -0.2) is 0 Å². The van der Waals surface area contributed by atoms with Crippen LogP contribution in [0.4, 0.5) is 0 Å². The predicted molar refractivity (Wildman–Crippen MR) is 95.0 cm³/mol. The van der Waals surface area contributed by atoms with E-state index in [1.54, 1.807) is 0 Å². The van der Waals surface area contributed by atoms with Crippen LogP contribution in [-0.4, -0.2) is 26.0 Å². The molecule has 0 spiro atoms. The number of thiocarbonyl (C=S) groups is 1. The molecule has 0 radical (unpaired) electrons. The zero-order valence-corrected chi connectivity index (χ0v) is 13.9. The van der Waals surface area contributed by atoms with Crippen LogP contribution in [0.2, 0.25) is 0 Å². The largest absolute Gasteiger partial charge is 0.363 e. The van der Waals surface area contributed by atoms with Crippen molar-refractivity contribution < 1.29 is 0 Å². The van der Waals surface area contributed by atoms with Gasteiger partial charge in [-0.2, -0.15) is 0 Å². The minimum Gasteiger partial charge on any atom is -0.363 e. The maximum absolute atomic E-state index is 5.72. The molecule has 2 unspecified atom stereocenters. The zero-order valence-electron chi connectivity index (χ0n) is 13.1. The average Bonchev–Trinajstić information content (AvgIpc) is 3.24. The second-order valence-electron chi connectivity index (χ2n) is 6.45. The Kier molecular flexibility index (Phi) is 4.04. The van der Waals surface area contributed by atoms with Gasteiger partial charge in [0.25, 0.3) is 0 Å². The maximum Gasteiger partial charge on any atom is 0.170 e. The first-order valence-corrected chi connectivity index (χ1v) is 8.88. The summed E-state index contributed by atoms with van der Waals surface area (Å²) in [6.45, 7) is 0. The molecule has 4 rings (SSSR count). The summed E-state index contributed by atoms with van der Waals surface area (Å²) >= 11 is 5.72. The molecule has 120 valence electrons. The number of hydrogen-bond donors (Lipinski definition) is 2. The molecule has 3 heterocycles. The van der Waals surface area contributed by atoms with Crippen molar-refractivity contribution in [1.29, 1.82) is 0 Å². The van der Waals surface area contributed by atoms with Crippen LogP contribution in [0, 0.1) is 0 Å². The fourth-order valence-electron chi connectivity index (χ4n) is 3.98. The highest BCUT2D eigenvalue weighted by Gasteiger charge is 2.43. The van der Waals surface area contributed by atoms with Crippen molar-refractivity contribution in [3.63, 3.8) is 0 Å². The fraction of sp³-hybridized carbons (Fsp3) is 0.444. The number of H-pyrrole nitrogens is 1. The Morgan fingerprint density at radius 2 is 1.96 bits per heavy atom. The van der Waals surface area contributed by atoms with Crippen molar-refractivity contribution >= 4 is 17.3 Å². The Hall–Kier alpha value is -1.88. The summed E-state index contributed by atoms with van der Waals surface area (Å²) in [6.07, 6.45) is 10.3. The molecule has 2 aromatic rings. The van der Waals surface area contributed by atoms with Gasteiger partial charge in [-0.1, -0.05) is 25.3 Å². The molecule has 1 saturated heterocycles. The average molecular weight is 326 g/mol. The Balaban J connectivity index is 1.71. The molecule has 2 aliphatic rings. The molecule has 0 bridgehead atoms. The van der Waals surface area contributed by atoms with Gasteiger partial charge < -0.3 is 15.2 Å². The lowest BCUT2D eigenvalue weighted by Gasteiger charge is -2.36. The van der Waals surface area contributed by atoms with Crippen molar-refractivity contribution in [1.82, 2.24) is 20.2 Å². The van der Waals surface area contributed by atoms with E-state index in [0.29, 0.717) is 6.04 Å². The molecule has 1 saturated carbocycles. The molecule has 2 fully saturated rings. The quantitative estimate of drug-likeness (QED) is 0.844. The normalized spacial score (nSPS) is 25.6. The molecule has 0 amide bonds. The van der Waals surface area contributed by atoms with E-state index in [-0.39, 0.29) is 12.1 Å². The van der Waals surface area contributed by atoms with Crippen LogP contribution in [0.15, 0.2) is 42.7 Å². The molecule has 2 atom stereocenters. The van der Waals surface area contributed by atoms with Crippen LogP contribution in [0.3, 0.4) is 0 Å². The van der Waals surface area contributed by atoms with Crippen molar-refractivity contribution in [3.8, 4) is 0 Å². The first kappa shape index (κ1) is 14.7. The van der Waals surface area contributed by atoms with Gasteiger partial charge in [0.15, 0.2) is 5.11 Å². The van der Waals surface area contributed by atoms with E-state index in [4.69, 9.17) is 12.2 Å². The van der Waals surface area contributed by atoms with E-state index < -0.39 is 0 Å². The van der Waals surface area contributed by atoms with Crippen LogP contribution in [-0.2, 0) is 0 Å². The maximum atomic E-state index is 5.72. The summed E-state index contributed by atoms with van der Waals surface area (Å²) in [7, 11) is 0. The molecule has 23 heavy (non-hydrogen) atoms. The highest BCUT2D eigenvalue weighted by atomic mass is 32.1. The van der Waals surface area contributed by atoms with E-state index in [9.17, 15) is 0 Å². The number of hydrogen-bond acceptors (Lipinski definition) is 2. The second kappa shape index (κ2) is 6.32. The fourth-order valence-corrected chi connectivity index (χ4v) is 4.37.